The van der Waals surface area contributed by atoms with Gasteiger partial charge in [-0.15, -0.1) is 0 Å². The number of anilines is 3. The molecule has 20 heavy (non-hydrogen) atoms. The van der Waals surface area contributed by atoms with E-state index >= 15 is 0 Å². The summed E-state index contributed by atoms with van der Waals surface area (Å²) in [5.41, 5.74) is 5.90. The molecule has 0 fully saturated rings. The second-order valence-corrected chi connectivity index (χ2v) is 5.39. The Kier molecular flexibility index (Phi) is 4.57. The molecular formula is C14H18BrN5. The van der Waals surface area contributed by atoms with Crippen LogP contribution in [0.4, 0.5) is 17.3 Å². The fraction of sp³-hybridized carbons (Fsp3) is 0.286. The van der Waals surface area contributed by atoms with E-state index in [0.29, 0.717) is 5.82 Å². The van der Waals surface area contributed by atoms with Crippen LogP contribution in [0.15, 0.2) is 22.7 Å². The zero-order valence-electron chi connectivity index (χ0n) is 11.8. The fourth-order valence-electron chi connectivity index (χ4n) is 1.96. The normalized spacial score (nSPS) is 10.4. The molecule has 2 aromatic rings. The molecule has 5 nitrogen and oxygen atoms in total. The third-order valence-corrected chi connectivity index (χ3v) is 4.20. The Morgan fingerprint density at radius 1 is 1.10 bits per heavy atom. The van der Waals surface area contributed by atoms with Crippen molar-refractivity contribution in [3.05, 3.63) is 39.6 Å². The molecule has 106 valence electrons. The average Bonchev–Trinajstić information content (AvgIpc) is 2.44. The van der Waals surface area contributed by atoms with Crippen molar-refractivity contribution in [2.75, 3.05) is 10.7 Å². The highest BCUT2D eigenvalue weighted by Crippen LogP contribution is 2.27. The molecule has 0 spiro atoms. The van der Waals surface area contributed by atoms with E-state index in [1.54, 1.807) is 6.07 Å². The van der Waals surface area contributed by atoms with Crippen molar-refractivity contribution in [2.45, 2.75) is 27.2 Å². The van der Waals surface area contributed by atoms with Crippen LogP contribution >= 0.6 is 15.9 Å². The molecule has 0 unspecified atom stereocenters. The zero-order valence-corrected chi connectivity index (χ0v) is 13.4. The summed E-state index contributed by atoms with van der Waals surface area (Å²) in [5.74, 6) is 7.50. The first-order chi connectivity index (χ1) is 9.53. The van der Waals surface area contributed by atoms with Gasteiger partial charge in [0.05, 0.1) is 0 Å². The lowest BCUT2D eigenvalue weighted by Crippen LogP contribution is -2.11. The Morgan fingerprint density at radius 3 is 2.25 bits per heavy atom. The minimum atomic E-state index is 0.602. The van der Waals surface area contributed by atoms with Crippen LogP contribution in [-0.2, 0) is 6.42 Å². The smallest absolute Gasteiger partial charge is 0.145 e. The molecule has 4 N–H and O–H groups in total. The molecule has 0 aliphatic rings. The third kappa shape index (κ3) is 3.26. The third-order valence-electron chi connectivity index (χ3n) is 2.95. The number of nitrogens with one attached hydrogen (secondary N) is 2. The largest absolute Gasteiger partial charge is 0.340 e. The summed E-state index contributed by atoms with van der Waals surface area (Å²) in [6.07, 6.45) is 0.753. The van der Waals surface area contributed by atoms with E-state index in [2.05, 4.69) is 62.6 Å². The lowest BCUT2D eigenvalue weighted by molar-refractivity contribution is 0.941. The standard InChI is InChI=1S/C14H18BrN5/c1-4-11-18-12(7-13(19-11)20-16)17-10-5-8(2)14(15)9(3)6-10/h5-7H,4,16H2,1-3H3,(H2,17,18,19,20). The first-order valence-corrected chi connectivity index (χ1v) is 7.21. The van der Waals surface area contributed by atoms with Crippen molar-refractivity contribution in [2.24, 2.45) is 5.84 Å². The summed E-state index contributed by atoms with van der Waals surface area (Å²) in [7, 11) is 0. The number of hydrazine groups is 1. The topological polar surface area (TPSA) is 75.9 Å². The van der Waals surface area contributed by atoms with Crippen LogP contribution in [0.25, 0.3) is 0 Å². The van der Waals surface area contributed by atoms with Crippen LogP contribution in [-0.4, -0.2) is 9.97 Å². The Balaban J connectivity index is 2.34. The van der Waals surface area contributed by atoms with Crippen molar-refractivity contribution < 1.29 is 0 Å². The fourth-order valence-corrected chi connectivity index (χ4v) is 2.19. The molecule has 1 aromatic heterocycles. The predicted molar refractivity (Wildman–Crippen MR) is 86.1 cm³/mol. The van der Waals surface area contributed by atoms with E-state index < -0.39 is 0 Å². The maximum Gasteiger partial charge on any atom is 0.145 e. The maximum atomic E-state index is 5.43. The number of nitrogens with zero attached hydrogens (tertiary/aromatic N) is 2. The van der Waals surface area contributed by atoms with E-state index in [-0.39, 0.29) is 0 Å². The van der Waals surface area contributed by atoms with Gasteiger partial charge in [-0.3, -0.25) is 0 Å². The number of halogens is 1. The van der Waals surface area contributed by atoms with E-state index in [1.807, 2.05) is 6.92 Å². The van der Waals surface area contributed by atoms with Gasteiger partial charge in [0.1, 0.15) is 17.5 Å². The van der Waals surface area contributed by atoms with E-state index in [1.165, 1.54) is 11.1 Å². The summed E-state index contributed by atoms with van der Waals surface area (Å²) in [4.78, 5) is 8.71. The van der Waals surface area contributed by atoms with Gasteiger partial charge < -0.3 is 10.7 Å². The second kappa shape index (κ2) is 6.19. The lowest BCUT2D eigenvalue weighted by Gasteiger charge is -2.11. The highest BCUT2D eigenvalue weighted by molar-refractivity contribution is 9.10. The molecule has 0 aliphatic heterocycles. The van der Waals surface area contributed by atoms with Crippen molar-refractivity contribution in [3.8, 4) is 0 Å². The van der Waals surface area contributed by atoms with Gasteiger partial charge in [0.2, 0.25) is 0 Å². The number of benzene rings is 1. The highest BCUT2D eigenvalue weighted by Gasteiger charge is 2.06. The molecule has 0 aliphatic carbocycles. The van der Waals surface area contributed by atoms with E-state index in [9.17, 15) is 0 Å². The zero-order chi connectivity index (χ0) is 14.7. The van der Waals surface area contributed by atoms with Crippen molar-refractivity contribution in [1.82, 2.24) is 9.97 Å². The molecule has 0 amide bonds. The van der Waals surface area contributed by atoms with Gasteiger partial charge in [-0.05, 0) is 37.1 Å². The SMILES string of the molecule is CCc1nc(NN)cc(Nc2cc(C)c(Br)c(C)c2)n1. The number of aromatic nitrogens is 2. The van der Waals surface area contributed by atoms with Gasteiger partial charge in [0.25, 0.3) is 0 Å². The number of nitrogens with two attached hydrogens (primary N) is 1. The van der Waals surface area contributed by atoms with E-state index in [0.717, 1.165) is 28.2 Å². The highest BCUT2D eigenvalue weighted by atomic mass is 79.9. The maximum absolute atomic E-state index is 5.43. The van der Waals surface area contributed by atoms with Gasteiger partial charge in [0.15, 0.2) is 0 Å². The number of hydrogen-bond acceptors (Lipinski definition) is 5. The Bertz CT molecular complexity index is 582. The summed E-state index contributed by atoms with van der Waals surface area (Å²) >= 11 is 3.56. The predicted octanol–water partition coefficient (Wildman–Crippen LogP) is 3.45. The number of hydrogen-bond donors (Lipinski definition) is 3. The minimum absolute atomic E-state index is 0.602. The number of nitrogen functional groups attached to an aromatic ring is 1. The quantitative estimate of drug-likeness (QED) is 0.589. The van der Waals surface area contributed by atoms with Crippen LogP contribution in [0.2, 0.25) is 0 Å². The number of aryl methyl sites for hydroxylation is 3. The van der Waals surface area contributed by atoms with Crippen molar-refractivity contribution >= 4 is 33.3 Å². The molecule has 0 radical (unpaired) electrons. The summed E-state index contributed by atoms with van der Waals surface area (Å²) in [5, 5.41) is 3.29. The van der Waals surface area contributed by atoms with Crippen molar-refractivity contribution in [1.29, 1.82) is 0 Å². The van der Waals surface area contributed by atoms with Gasteiger partial charge in [-0.1, -0.05) is 22.9 Å². The van der Waals surface area contributed by atoms with Crippen LogP contribution in [0.3, 0.4) is 0 Å². The van der Waals surface area contributed by atoms with Crippen LogP contribution in [0.1, 0.15) is 23.9 Å². The molecule has 2 rings (SSSR count). The molecule has 0 saturated carbocycles. The van der Waals surface area contributed by atoms with Gasteiger partial charge in [-0.2, -0.15) is 0 Å². The molecule has 1 aromatic carbocycles. The minimum Gasteiger partial charge on any atom is -0.340 e. The van der Waals surface area contributed by atoms with Gasteiger partial charge in [0, 0.05) is 22.6 Å². The molecule has 0 atom stereocenters. The average molecular weight is 336 g/mol. The van der Waals surface area contributed by atoms with Crippen LogP contribution in [0.5, 0.6) is 0 Å². The van der Waals surface area contributed by atoms with Crippen LogP contribution in [0, 0.1) is 13.8 Å². The monoisotopic (exact) mass is 335 g/mol. The summed E-state index contributed by atoms with van der Waals surface area (Å²) in [6, 6.07) is 5.92. The van der Waals surface area contributed by atoms with Crippen LogP contribution < -0.4 is 16.6 Å². The summed E-state index contributed by atoms with van der Waals surface area (Å²) in [6.45, 7) is 6.13. The molecule has 0 bridgehead atoms. The first-order valence-electron chi connectivity index (χ1n) is 6.41. The molecule has 0 saturated heterocycles. The van der Waals surface area contributed by atoms with Crippen molar-refractivity contribution in [3.63, 3.8) is 0 Å². The van der Waals surface area contributed by atoms with Gasteiger partial charge >= 0.3 is 0 Å². The Labute approximate surface area is 127 Å². The molecular weight excluding hydrogens is 318 g/mol. The second-order valence-electron chi connectivity index (χ2n) is 4.60. The molecule has 1 heterocycles. The summed E-state index contributed by atoms with van der Waals surface area (Å²) < 4.78 is 1.13. The number of rotatable bonds is 4. The molecule has 6 heteroatoms. The Hall–Kier alpha value is -1.66. The van der Waals surface area contributed by atoms with Gasteiger partial charge in [-0.25, -0.2) is 15.8 Å². The lowest BCUT2D eigenvalue weighted by atomic mass is 10.1. The Morgan fingerprint density at radius 2 is 1.70 bits per heavy atom. The first kappa shape index (κ1) is 14.7. The van der Waals surface area contributed by atoms with E-state index in [4.69, 9.17) is 5.84 Å².